The number of anilines is 1. The summed E-state index contributed by atoms with van der Waals surface area (Å²) in [5, 5.41) is 1.09. The van der Waals surface area contributed by atoms with E-state index in [-0.39, 0.29) is 5.82 Å². The molecule has 0 saturated heterocycles. The Bertz CT molecular complexity index is 843. The van der Waals surface area contributed by atoms with E-state index in [2.05, 4.69) is 14.9 Å². The zero-order valence-electron chi connectivity index (χ0n) is 12.3. The topological polar surface area (TPSA) is 41.1 Å². The van der Waals surface area contributed by atoms with Crippen molar-refractivity contribution < 1.29 is 9.13 Å². The third-order valence-electron chi connectivity index (χ3n) is 4.21. The van der Waals surface area contributed by atoms with Crippen molar-refractivity contribution in [3.8, 4) is 5.75 Å². The number of benzene rings is 1. The third-order valence-corrected chi connectivity index (χ3v) is 4.21. The van der Waals surface area contributed by atoms with Gasteiger partial charge < -0.3 is 14.6 Å². The number of methoxy groups -OCH3 is 1. The van der Waals surface area contributed by atoms with Gasteiger partial charge in [0.2, 0.25) is 0 Å². The average molecular weight is 297 g/mol. The number of fused-ring (bicyclic) bond motifs is 3. The molecule has 5 heteroatoms. The van der Waals surface area contributed by atoms with Crippen molar-refractivity contribution in [1.82, 2.24) is 9.97 Å². The van der Waals surface area contributed by atoms with Crippen LogP contribution in [0.3, 0.4) is 0 Å². The number of hydrogen-bond donors (Lipinski definition) is 1. The number of nitrogens with zero attached hydrogens (tertiary/aromatic N) is 2. The molecule has 22 heavy (non-hydrogen) atoms. The highest BCUT2D eigenvalue weighted by atomic mass is 19.1. The van der Waals surface area contributed by atoms with Crippen LogP contribution in [0.2, 0.25) is 0 Å². The lowest BCUT2D eigenvalue weighted by Crippen LogP contribution is -2.30. The van der Waals surface area contributed by atoms with Crippen molar-refractivity contribution in [2.24, 2.45) is 0 Å². The first-order valence-corrected chi connectivity index (χ1v) is 7.28. The lowest BCUT2D eigenvalue weighted by Gasteiger charge is -2.28. The quantitative estimate of drug-likeness (QED) is 0.789. The fourth-order valence-electron chi connectivity index (χ4n) is 3.09. The smallest absolute Gasteiger partial charge is 0.132 e. The SMILES string of the molecule is COc1ccnc(N2CCc3[nH]c4cc(F)ccc4c3C2)c1. The predicted molar refractivity (Wildman–Crippen MR) is 83.8 cm³/mol. The van der Waals surface area contributed by atoms with Gasteiger partial charge in [0.1, 0.15) is 17.4 Å². The molecule has 0 fully saturated rings. The molecule has 1 aliphatic heterocycles. The summed E-state index contributed by atoms with van der Waals surface area (Å²) >= 11 is 0. The maximum absolute atomic E-state index is 13.4. The number of hydrogen-bond acceptors (Lipinski definition) is 3. The fraction of sp³-hybridized carbons (Fsp3) is 0.235. The number of nitrogens with one attached hydrogen (secondary N) is 1. The maximum Gasteiger partial charge on any atom is 0.132 e. The molecule has 112 valence electrons. The van der Waals surface area contributed by atoms with E-state index < -0.39 is 0 Å². The van der Waals surface area contributed by atoms with E-state index in [1.54, 1.807) is 19.4 Å². The summed E-state index contributed by atoms with van der Waals surface area (Å²) in [6.07, 6.45) is 2.65. The summed E-state index contributed by atoms with van der Waals surface area (Å²) in [5.74, 6) is 1.50. The van der Waals surface area contributed by atoms with Crippen LogP contribution in [-0.2, 0) is 13.0 Å². The number of H-pyrrole nitrogens is 1. The van der Waals surface area contributed by atoms with Gasteiger partial charge in [-0.2, -0.15) is 0 Å². The molecule has 1 aliphatic rings. The molecule has 0 saturated carbocycles. The fourth-order valence-corrected chi connectivity index (χ4v) is 3.09. The van der Waals surface area contributed by atoms with Crippen LogP contribution in [0.5, 0.6) is 5.75 Å². The molecule has 2 aromatic heterocycles. The van der Waals surface area contributed by atoms with Crippen LogP contribution < -0.4 is 9.64 Å². The van der Waals surface area contributed by atoms with Gasteiger partial charge in [-0.1, -0.05) is 0 Å². The minimum Gasteiger partial charge on any atom is -0.497 e. The Kier molecular flexibility index (Phi) is 2.99. The molecule has 0 spiro atoms. The van der Waals surface area contributed by atoms with E-state index in [4.69, 9.17) is 4.74 Å². The van der Waals surface area contributed by atoms with Crippen LogP contribution in [0.25, 0.3) is 10.9 Å². The summed E-state index contributed by atoms with van der Waals surface area (Å²) in [7, 11) is 1.65. The maximum atomic E-state index is 13.4. The van der Waals surface area contributed by atoms with Gasteiger partial charge in [0.25, 0.3) is 0 Å². The van der Waals surface area contributed by atoms with Crippen LogP contribution in [0.1, 0.15) is 11.3 Å². The Morgan fingerprint density at radius 1 is 1.27 bits per heavy atom. The molecule has 0 aliphatic carbocycles. The monoisotopic (exact) mass is 297 g/mol. The molecule has 0 bridgehead atoms. The second kappa shape index (κ2) is 5.02. The van der Waals surface area contributed by atoms with Crippen molar-refractivity contribution in [1.29, 1.82) is 0 Å². The predicted octanol–water partition coefficient (Wildman–Crippen LogP) is 3.27. The molecular formula is C17H16FN3O. The van der Waals surface area contributed by atoms with E-state index >= 15 is 0 Å². The standard InChI is InChI=1S/C17H16FN3O/c1-22-12-4-6-19-17(9-12)21-7-5-15-14(10-21)13-3-2-11(18)8-16(13)20-15/h2-4,6,8-9,20H,5,7,10H2,1H3. The van der Waals surface area contributed by atoms with Crippen molar-refractivity contribution in [3.05, 3.63) is 53.6 Å². The molecule has 3 heterocycles. The van der Waals surface area contributed by atoms with Gasteiger partial charge in [0, 0.05) is 53.9 Å². The largest absolute Gasteiger partial charge is 0.497 e. The first-order chi connectivity index (χ1) is 10.7. The molecule has 1 aromatic carbocycles. The normalized spacial score (nSPS) is 14.2. The second-order valence-corrected chi connectivity index (χ2v) is 5.50. The first-order valence-electron chi connectivity index (χ1n) is 7.28. The Hall–Kier alpha value is -2.56. The minimum absolute atomic E-state index is 0.211. The summed E-state index contributed by atoms with van der Waals surface area (Å²) < 4.78 is 18.6. The van der Waals surface area contributed by atoms with Gasteiger partial charge in [-0.3, -0.25) is 0 Å². The first kappa shape index (κ1) is 13.1. The van der Waals surface area contributed by atoms with Gasteiger partial charge in [-0.25, -0.2) is 9.37 Å². The summed E-state index contributed by atoms with van der Waals surface area (Å²) in [4.78, 5) is 10.0. The van der Waals surface area contributed by atoms with Crippen LogP contribution in [0.4, 0.5) is 10.2 Å². The van der Waals surface area contributed by atoms with E-state index in [1.165, 1.54) is 17.3 Å². The Morgan fingerprint density at radius 3 is 3.05 bits per heavy atom. The highest BCUT2D eigenvalue weighted by Crippen LogP contribution is 2.30. The Balaban J connectivity index is 1.72. The highest BCUT2D eigenvalue weighted by Gasteiger charge is 2.22. The lowest BCUT2D eigenvalue weighted by atomic mass is 10.0. The van der Waals surface area contributed by atoms with E-state index in [9.17, 15) is 4.39 Å². The summed E-state index contributed by atoms with van der Waals surface area (Å²) in [6.45, 7) is 1.64. The van der Waals surface area contributed by atoms with Gasteiger partial charge in [-0.15, -0.1) is 0 Å². The zero-order chi connectivity index (χ0) is 15.1. The van der Waals surface area contributed by atoms with Crippen molar-refractivity contribution in [2.45, 2.75) is 13.0 Å². The van der Waals surface area contributed by atoms with Gasteiger partial charge in [-0.05, 0) is 24.3 Å². The lowest BCUT2D eigenvalue weighted by molar-refractivity contribution is 0.414. The second-order valence-electron chi connectivity index (χ2n) is 5.50. The molecule has 0 unspecified atom stereocenters. The van der Waals surface area contributed by atoms with Crippen molar-refractivity contribution in [3.63, 3.8) is 0 Å². The molecule has 4 nitrogen and oxygen atoms in total. The molecule has 0 amide bonds. The van der Waals surface area contributed by atoms with Crippen molar-refractivity contribution >= 4 is 16.7 Å². The van der Waals surface area contributed by atoms with Crippen LogP contribution in [0.15, 0.2) is 36.5 Å². The number of rotatable bonds is 2. The summed E-state index contributed by atoms with van der Waals surface area (Å²) in [6, 6.07) is 8.70. The number of halogens is 1. The van der Waals surface area contributed by atoms with Crippen molar-refractivity contribution in [2.75, 3.05) is 18.6 Å². The van der Waals surface area contributed by atoms with E-state index in [0.29, 0.717) is 0 Å². The average Bonchev–Trinajstić information content (AvgIpc) is 2.91. The molecule has 0 atom stereocenters. The highest BCUT2D eigenvalue weighted by molar-refractivity contribution is 5.85. The van der Waals surface area contributed by atoms with Crippen LogP contribution in [0, 0.1) is 5.82 Å². The van der Waals surface area contributed by atoms with Gasteiger partial charge in [0.05, 0.1) is 7.11 Å². The Morgan fingerprint density at radius 2 is 2.18 bits per heavy atom. The van der Waals surface area contributed by atoms with Crippen LogP contribution in [-0.4, -0.2) is 23.6 Å². The summed E-state index contributed by atoms with van der Waals surface area (Å²) in [5.41, 5.74) is 3.29. The molecule has 3 aromatic rings. The number of aromatic nitrogens is 2. The van der Waals surface area contributed by atoms with E-state index in [1.807, 2.05) is 18.2 Å². The van der Waals surface area contributed by atoms with Gasteiger partial charge >= 0.3 is 0 Å². The number of pyridine rings is 1. The van der Waals surface area contributed by atoms with Crippen LogP contribution >= 0.6 is 0 Å². The van der Waals surface area contributed by atoms with E-state index in [0.717, 1.165) is 42.0 Å². The number of aromatic amines is 1. The zero-order valence-corrected chi connectivity index (χ0v) is 12.3. The Labute approximate surface area is 127 Å². The molecule has 4 rings (SSSR count). The third kappa shape index (κ3) is 2.09. The minimum atomic E-state index is -0.211. The molecule has 1 N–H and O–H groups in total. The van der Waals surface area contributed by atoms with Gasteiger partial charge in [0.15, 0.2) is 0 Å². The molecular weight excluding hydrogens is 281 g/mol. The number of ether oxygens (including phenoxy) is 1. The molecule has 0 radical (unpaired) electrons.